The summed E-state index contributed by atoms with van der Waals surface area (Å²) in [6.07, 6.45) is 0.0319. The summed E-state index contributed by atoms with van der Waals surface area (Å²) in [6.45, 7) is 1.19. The minimum absolute atomic E-state index is 0.0319. The minimum Gasteiger partial charge on any atom is -0.493 e. The summed E-state index contributed by atoms with van der Waals surface area (Å²) in [5.41, 5.74) is 1.95. The number of carboxylic acids is 1. The highest BCUT2D eigenvalue weighted by atomic mass is 16.5. The lowest BCUT2D eigenvalue weighted by Gasteiger charge is -2.11. The average molecular weight is 284 g/mol. The molecule has 0 aliphatic carbocycles. The first kappa shape index (κ1) is 13.5. The molecule has 1 atom stereocenters. The van der Waals surface area contributed by atoms with Crippen LogP contribution in [-0.2, 0) is 11.2 Å². The van der Waals surface area contributed by atoms with E-state index in [4.69, 9.17) is 14.6 Å². The number of carbonyl (C=O) groups is 1. The second-order valence-electron chi connectivity index (χ2n) is 5.07. The number of hydrogen-bond donors (Lipinski definition) is 1. The Morgan fingerprint density at radius 2 is 1.95 bits per heavy atom. The zero-order chi connectivity index (χ0) is 14.7. The van der Waals surface area contributed by atoms with Gasteiger partial charge < -0.3 is 14.6 Å². The standard InChI is InChI=1S/C17H16O4/c18-17(19)9-12-5-7-14(8-6-12)20-10-13-11-21-16-4-2-1-3-15(13)16/h1-8,13H,9-11H2,(H,18,19). The summed E-state index contributed by atoms with van der Waals surface area (Å²) in [7, 11) is 0. The zero-order valence-electron chi connectivity index (χ0n) is 11.5. The van der Waals surface area contributed by atoms with Crippen molar-refractivity contribution in [1.29, 1.82) is 0 Å². The number of ether oxygens (including phenoxy) is 2. The molecule has 2 aromatic rings. The van der Waals surface area contributed by atoms with E-state index in [2.05, 4.69) is 6.07 Å². The van der Waals surface area contributed by atoms with Crippen molar-refractivity contribution in [3.63, 3.8) is 0 Å². The van der Waals surface area contributed by atoms with Gasteiger partial charge in [-0.2, -0.15) is 0 Å². The van der Waals surface area contributed by atoms with Crippen LogP contribution in [0.5, 0.6) is 11.5 Å². The van der Waals surface area contributed by atoms with E-state index in [1.54, 1.807) is 24.3 Å². The molecule has 1 N–H and O–H groups in total. The number of hydrogen-bond acceptors (Lipinski definition) is 3. The van der Waals surface area contributed by atoms with Crippen molar-refractivity contribution in [2.24, 2.45) is 0 Å². The molecule has 1 aliphatic heterocycles. The van der Waals surface area contributed by atoms with Crippen LogP contribution < -0.4 is 9.47 Å². The third-order valence-corrected chi connectivity index (χ3v) is 3.53. The van der Waals surface area contributed by atoms with E-state index in [9.17, 15) is 4.79 Å². The fourth-order valence-electron chi connectivity index (χ4n) is 2.44. The summed E-state index contributed by atoms with van der Waals surface area (Å²) in [6, 6.07) is 15.2. The number of para-hydroxylation sites is 1. The highest BCUT2D eigenvalue weighted by Gasteiger charge is 2.24. The van der Waals surface area contributed by atoms with Crippen LogP contribution >= 0.6 is 0 Å². The van der Waals surface area contributed by atoms with Crippen LogP contribution in [0.15, 0.2) is 48.5 Å². The molecule has 0 fully saturated rings. The molecule has 0 aromatic heterocycles. The quantitative estimate of drug-likeness (QED) is 0.917. The van der Waals surface area contributed by atoms with Gasteiger partial charge in [0.05, 0.1) is 25.6 Å². The van der Waals surface area contributed by atoms with Crippen LogP contribution in [-0.4, -0.2) is 24.3 Å². The molecule has 1 aliphatic rings. The summed E-state index contributed by atoms with van der Waals surface area (Å²) in [5.74, 6) is 1.08. The summed E-state index contributed by atoms with van der Waals surface area (Å²) in [5, 5.41) is 8.73. The van der Waals surface area contributed by atoms with Crippen molar-refractivity contribution in [3.8, 4) is 11.5 Å². The first-order valence-electron chi connectivity index (χ1n) is 6.87. The van der Waals surface area contributed by atoms with Crippen molar-refractivity contribution >= 4 is 5.97 Å². The molecule has 0 amide bonds. The number of rotatable bonds is 5. The maximum atomic E-state index is 10.6. The van der Waals surface area contributed by atoms with Crippen molar-refractivity contribution in [2.45, 2.75) is 12.3 Å². The Kier molecular flexibility index (Phi) is 3.77. The minimum atomic E-state index is -0.830. The first-order chi connectivity index (χ1) is 10.2. The molecule has 108 valence electrons. The molecule has 1 heterocycles. The molecule has 3 rings (SSSR count). The Morgan fingerprint density at radius 1 is 1.19 bits per heavy atom. The molecular formula is C17H16O4. The Bertz CT molecular complexity index is 633. The Morgan fingerprint density at radius 3 is 2.71 bits per heavy atom. The summed E-state index contributed by atoms with van der Waals surface area (Å²) >= 11 is 0. The average Bonchev–Trinajstić information content (AvgIpc) is 2.89. The van der Waals surface area contributed by atoms with Crippen LogP contribution in [0.4, 0.5) is 0 Å². The van der Waals surface area contributed by atoms with Crippen LogP contribution in [0, 0.1) is 0 Å². The smallest absolute Gasteiger partial charge is 0.307 e. The van der Waals surface area contributed by atoms with Gasteiger partial charge >= 0.3 is 5.97 Å². The van der Waals surface area contributed by atoms with Gasteiger partial charge in [0.1, 0.15) is 11.5 Å². The van der Waals surface area contributed by atoms with Gasteiger partial charge in [-0.05, 0) is 23.8 Å². The van der Waals surface area contributed by atoms with Gasteiger partial charge in [0.15, 0.2) is 0 Å². The van der Waals surface area contributed by atoms with Gasteiger partial charge in [-0.1, -0.05) is 30.3 Å². The molecule has 0 bridgehead atoms. The topological polar surface area (TPSA) is 55.8 Å². The highest BCUT2D eigenvalue weighted by Crippen LogP contribution is 2.33. The van der Waals surface area contributed by atoms with Crippen molar-refractivity contribution in [2.75, 3.05) is 13.2 Å². The van der Waals surface area contributed by atoms with Gasteiger partial charge in [-0.15, -0.1) is 0 Å². The molecule has 0 spiro atoms. The van der Waals surface area contributed by atoms with E-state index in [1.807, 2.05) is 18.2 Å². The van der Waals surface area contributed by atoms with Gasteiger partial charge in [0.2, 0.25) is 0 Å². The molecule has 0 saturated heterocycles. The summed E-state index contributed by atoms with van der Waals surface area (Å²) < 4.78 is 11.4. The number of aliphatic carboxylic acids is 1. The lowest BCUT2D eigenvalue weighted by atomic mass is 10.0. The second kappa shape index (κ2) is 5.87. The number of fused-ring (bicyclic) bond motifs is 1. The van der Waals surface area contributed by atoms with Crippen molar-refractivity contribution in [1.82, 2.24) is 0 Å². The van der Waals surface area contributed by atoms with Crippen molar-refractivity contribution in [3.05, 3.63) is 59.7 Å². The van der Waals surface area contributed by atoms with E-state index in [0.717, 1.165) is 17.1 Å². The van der Waals surface area contributed by atoms with E-state index in [1.165, 1.54) is 5.56 Å². The van der Waals surface area contributed by atoms with Crippen LogP contribution in [0.25, 0.3) is 0 Å². The van der Waals surface area contributed by atoms with Crippen LogP contribution in [0.3, 0.4) is 0 Å². The Balaban J connectivity index is 1.60. The van der Waals surface area contributed by atoms with E-state index in [-0.39, 0.29) is 12.3 Å². The molecule has 1 unspecified atom stereocenters. The normalized spacial score (nSPS) is 16.1. The predicted octanol–water partition coefficient (Wildman–Crippen LogP) is 2.87. The fraction of sp³-hybridized carbons (Fsp3) is 0.235. The second-order valence-corrected chi connectivity index (χ2v) is 5.07. The predicted molar refractivity (Wildman–Crippen MR) is 78.0 cm³/mol. The largest absolute Gasteiger partial charge is 0.493 e. The van der Waals surface area contributed by atoms with Crippen LogP contribution in [0.1, 0.15) is 17.0 Å². The molecule has 4 heteroatoms. The number of carboxylic acid groups (broad SMARTS) is 1. The summed E-state index contributed by atoms with van der Waals surface area (Å²) in [4.78, 5) is 10.6. The first-order valence-corrected chi connectivity index (χ1v) is 6.87. The van der Waals surface area contributed by atoms with Gasteiger partial charge in [-0.3, -0.25) is 4.79 Å². The zero-order valence-corrected chi connectivity index (χ0v) is 11.5. The molecule has 0 radical (unpaired) electrons. The third kappa shape index (κ3) is 3.16. The van der Waals surface area contributed by atoms with E-state index >= 15 is 0 Å². The number of benzene rings is 2. The van der Waals surface area contributed by atoms with Crippen LogP contribution in [0.2, 0.25) is 0 Å². The fourth-order valence-corrected chi connectivity index (χ4v) is 2.44. The molecule has 4 nitrogen and oxygen atoms in total. The Hall–Kier alpha value is -2.49. The SMILES string of the molecule is O=C(O)Cc1ccc(OCC2COc3ccccc32)cc1. The lowest BCUT2D eigenvalue weighted by molar-refractivity contribution is -0.136. The molecular weight excluding hydrogens is 268 g/mol. The highest BCUT2D eigenvalue weighted by molar-refractivity contribution is 5.70. The molecule has 21 heavy (non-hydrogen) atoms. The van der Waals surface area contributed by atoms with E-state index in [0.29, 0.717) is 13.2 Å². The van der Waals surface area contributed by atoms with Gasteiger partial charge in [-0.25, -0.2) is 0 Å². The van der Waals surface area contributed by atoms with E-state index < -0.39 is 5.97 Å². The molecule has 0 saturated carbocycles. The van der Waals surface area contributed by atoms with Gasteiger partial charge in [0.25, 0.3) is 0 Å². The third-order valence-electron chi connectivity index (χ3n) is 3.53. The molecule has 2 aromatic carbocycles. The Labute approximate surface area is 122 Å². The maximum Gasteiger partial charge on any atom is 0.307 e. The monoisotopic (exact) mass is 284 g/mol. The van der Waals surface area contributed by atoms with Crippen molar-refractivity contribution < 1.29 is 19.4 Å². The van der Waals surface area contributed by atoms with Gasteiger partial charge in [0, 0.05) is 5.56 Å². The lowest BCUT2D eigenvalue weighted by Crippen LogP contribution is -2.11. The maximum absolute atomic E-state index is 10.6.